The van der Waals surface area contributed by atoms with E-state index in [4.69, 9.17) is 4.98 Å². The molecule has 2 aromatic carbocycles. The van der Waals surface area contributed by atoms with Crippen molar-refractivity contribution in [2.45, 2.75) is 13.1 Å². The van der Waals surface area contributed by atoms with E-state index in [1.807, 2.05) is 55.4 Å². The molecule has 0 unspecified atom stereocenters. The van der Waals surface area contributed by atoms with Crippen LogP contribution in [-0.2, 0) is 17.9 Å². The van der Waals surface area contributed by atoms with Crippen LogP contribution in [0.25, 0.3) is 22.6 Å². The summed E-state index contributed by atoms with van der Waals surface area (Å²) in [5.41, 5.74) is 6.62. The van der Waals surface area contributed by atoms with E-state index in [-0.39, 0.29) is 12.5 Å². The Morgan fingerprint density at radius 3 is 2.52 bits per heavy atom. The van der Waals surface area contributed by atoms with Crippen LogP contribution in [0, 0.1) is 0 Å². The van der Waals surface area contributed by atoms with Crippen LogP contribution in [-0.4, -0.2) is 46.5 Å². The molecule has 4 aromatic rings. The highest BCUT2D eigenvalue weighted by molar-refractivity contribution is 7.07. The predicted octanol–water partition coefficient (Wildman–Crippen LogP) is 3.88. The first-order valence-electron chi connectivity index (χ1n) is 9.37. The van der Waals surface area contributed by atoms with Gasteiger partial charge in [0, 0.05) is 38.8 Å². The molecule has 0 aliphatic rings. The first kappa shape index (κ1) is 19.1. The number of para-hydroxylation sites is 2. The Labute approximate surface area is 174 Å². The van der Waals surface area contributed by atoms with Crippen molar-refractivity contribution in [1.82, 2.24) is 19.4 Å². The lowest BCUT2D eigenvalue weighted by Gasteiger charge is -2.19. The Morgan fingerprint density at radius 1 is 1.07 bits per heavy atom. The second-order valence-corrected chi connectivity index (χ2v) is 7.91. The Balaban J connectivity index is 1.56. The third kappa shape index (κ3) is 4.00. The number of carbonyl (C=O) groups is 1. The molecule has 4 rings (SSSR count). The monoisotopic (exact) mass is 405 g/mol. The van der Waals surface area contributed by atoms with Crippen LogP contribution in [0.5, 0.6) is 0 Å². The van der Waals surface area contributed by atoms with Crippen LogP contribution in [0.1, 0.15) is 5.56 Å². The van der Waals surface area contributed by atoms with Crippen molar-refractivity contribution in [2.75, 3.05) is 26.0 Å². The number of benzene rings is 2. The number of nitrogens with zero attached hydrogens (tertiary/aromatic N) is 5. The van der Waals surface area contributed by atoms with Gasteiger partial charge >= 0.3 is 0 Å². The van der Waals surface area contributed by atoms with Gasteiger partial charge in [-0.1, -0.05) is 24.3 Å². The maximum atomic E-state index is 13.0. The van der Waals surface area contributed by atoms with Crippen LogP contribution in [0.2, 0.25) is 0 Å². The van der Waals surface area contributed by atoms with Crippen molar-refractivity contribution >= 4 is 34.0 Å². The molecule has 0 fully saturated rings. The number of amides is 1. The zero-order chi connectivity index (χ0) is 20.4. The molecule has 0 spiro atoms. The minimum absolute atomic E-state index is 0.0290. The molecule has 0 bridgehead atoms. The standard InChI is InChI=1S/C22H23N5OS/c1-25(2)17-10-8-16(9-11-17)12-26(3)21(28)13-27-20-7-5-4-6-18(20)24-22(27)19-14-29-15-23-19/h4-11,14-15H,12-13H2,1-3H3. The maximum absolute atomic E-state index is 13.0. The number of thiazole rings is 1. The number of anilines is 1. The van der Waals surface area contributed by atoms with Crippen LogP contribution in [0.15, 0.2) is 59.4 Å². The van der Waals surface area contributed by atoms with E-state index in [0.29, 0.717) is 6.54 Å². The number of hydrogen-bond acceptors (Lipinski definition) is 5. The average Bonchev–Trinajstić information content (AvgIpc) is 3.36. The van der Waals surface area contributed by atoms with Crippen molar-refractivity contribution in [1.29, 1.82) is 0 Å². The normalized spacial score (nSPS) is 11.0. The van der Waals surface area contributed by atoms with Crippen molar-refractivity contribution in [3.8, 4) is 11.5 Å². The van der Waals surface area contributed by atoms with E-state index in [0.717, 1.165) is 33.8 Å². The SMILES string of the molecule is CN(Cc1ccc(N(C)C)cc1)C(=O)Cn1c(-c2cscn2)nc2ccccc21. The molecule has 148 valence electrons. The Bertz CT molecular complexity index is 1120. The van der Waals surface area contributed by atoms with E-state index in [1.54, 1.807) is 10.4 Å². The summed E-state index contributed by atoms with van der Waals surface area (Å²) in [4.78, 5) is 25.9. The molecule has 2 heterocycles. The van der Waals surface area contributed by atoms with Gasteiger partial charge in [-0.05, 0) is 29.8 Å². The molecule has 0 radical (unpaired) electrons. The Hall–Kier alpha value is -3.19. The minimum Gasteiger partial charge on any atom is -0.378 e. The van der Waals surface area contributed by atoms with Gasteiger partial charge in [-0.25, -0.2) is 9.97 Å². The molecule has 6 nitrogen and oxygen atoms in total. The van der Waals surface area contributed by atoms with Gasteiger partial charge in [-0.3, -0.25) is 4.79 Å². The van der Waals surface area contributed by atoms with Crippen molar-refractivity contribution < 1.29 is 4.79 Å². The van der Waals surface area contributed by atoms with Gasteiger partial charge in [0.2, 0.25) is 5.91 Å². The van der Waals surface area contributed by atoms with Gasteiger partial charge in [0.25, 0.3) is 0 Å². The Morgan fingerprint density at radius 2 is 1.83 bits per heavy atom. The van der Waals surface area contributed by atoms with Crippen LogP contribution in [0.4, 0.5) is 5.69 Å². The largest absolute Gasteiger partial charge is 0.378 e. The van der Waals surface area contributed by atoms with Gasteiger partial charge in [0.1, 0.15) is 12.2 Å². The molecule has 0 saturated carbocycles. The quantitative estimate of drug-likeness (QED) is 0.488. The van der Waals surface area contributed by atoms with Crippen LogP contribution < -0.4 is 4.90 Å². The fourth-order valence-corrected chi connectivity index (χ4v) is 3.80. The summed E-state index contributed by atoms with van der Waals surface area (Å²) in [6, 6.07) is 16.1. The fraction of sp³-hybridized carbons (Fsp3) is 0.227. The maximum Gasteiger partial charge on any atom is 0.242 e. The predicted molar refractivity (Wildman–Crippen MR) is 118 cm³/mol. The zero-order valence-corrected chi connectivity index (χ0v) is 17.6. The van der Waals surface area contributed by atoms with E-state index < -0.39 is 0 Å². The molecule has 0 aliphatic heterocycles. The number of hydrogen-bond donors (Lipinski definition) is 0. The van der Waals surface area contributed by atoms with E-state index in [2.05, 4.69) is 34.1 Å². The highest BCUT2D eigenvalue weighted by atomic mass is 32.1. The topological polar surface area (TPSA) is 54.3 Å². The molecule has 0 saturated heterocycles. The van der Waals surface area contributed by atoms with Crippen molar-refractivity contribution in [3.05, 3.63) is 65.0 Å². The lowest BCUT2D eigenvalue weighted by Crippen LogP contribution is -2.30. The van der Waals surface area contributed by atoms with E-state index in [9.17, 15) is 4.79 Å². The number of fused-ring (bicyclic) bond motifs is 1. The molecule has 0 aliphatic carbocycles. The van der Waals surface area contributed by atoms with Crippen LogP contribution >= 0.6 is 11.3 Å². The number of likely N-dealkylation sites (N-methyl/N-ethyl adjacent to an activating group) is 1. The number of aromatic nitrogens is 3. The van der Waals surface area contributed by atoms with Crippen molar-refractivity contribution in [2.24, 2.45) is 0 Å². The summed E-state index contributed by atoms with van der Waals surface area (Å²) >= 11 is 1.52. The average molecular weight is 406 g/mol. The molecule has 29 heavy (non-hydrogen) atoms. The van der Waals surface area contributed by atoms with Gasteiger partial charge in [-0.2, -0.15) is 0 Å². The lowest BCUT2D eigenvalue weighted by atomic mass is 10.2. The summed E-state index contributed by atoms with van der Waals surface area (Å²) in [6.45, 7) is 0.783. The second kappa shape index (κ2) is 8.05. The van der Waals surface area contributed by atoms with Gasteiger partial charge in [-0.15, -0.1) is 11.3 Å². The molecule has 7 heteroatoms. The number of carbonyl (C=O) groups excluding carboxylic acids is 1. The van der Waals surface area contributed by atoms with Gasteiger partial charge < -0.3 is 14.4 Å². The molecule has 1 amide bonds. The van der Waals surface area contributed by atoms with E-state index in [1.165, 1.54) is 11.3 Å². The number of rotatable bonds is 6. The molecule has 0 atom stereocenters. The smallest absolute Gasteiger partial charge is 0.242 e. The summed E-state index contributed by atoms with van der Waals surface area (Å²) in [5, 5.41) is 1.96. The van der Waals surface area contributed by atoms with E-state index >= 15 is 0 Å². The number of imidazole rings is 1. The third-order valence-electron chi connectivity index (χ3n) is 4.91. The molecular weight excluding hydrogens is 382 g/mol. The second-order valence-electron chi connectivity index (χ2n) is 7.19. The summed E-state index contributed by atoms with van der Waals surface area (Å²) < 4.78 is 1.96. The zero-order valence-electron chi connectivity index (χ0n) is 16.7. The van der Waals surface area contributed by atoms with Gasteiger partial charge in [0.05, 0.1) is 16.5 Å². The van der Waals surface area contributed by atoms with Crippen LogP contribution in [0.3, 0.4) is 0 Å². The minimum atomic E-state index is 0.0290. The molecule has 2 aromatic heterocycles. The summed E-state index contributed by atoms with van der Waals surface area (Å²) in [5.74, 6) is 0.755. The first-order valence-corrected chi connectivity index (χ1v) is 10.3. The first-order chi connectivity index (χ1) is 14.0. The summed E-state index contributed by atoms with van der Waals surface area (Å²) in [6.07, 6.45) is 0. The van der Waals surface area contributed by atoms with Crippen molar-refractivity contribution in [3.63, 3.8) is 0 Å². The lowest BCUT2D eigenvalue weighted by molar-refractivity contribution is -0.130. The highest BCUT2D eigenvalue weighted by Gasteiger charge is 2.18. The Kier molecular flexibility index (Phi) is 5.31. The summed E-state index contributed by atoms with van der Waals surface area (Å²) in [7, 11) is 5.86. The van der Waals surface area contributed by atoms with Gasteiger partial charge in [0.15, 0.2) is 5.82 Å². The molecule has 0 N–H and O–H groups in total. The highest BCUT2D eigenvalue weighted by Crippen LogP contribution is 2.25. The molecular formula is C22H23N5OS. The fourth-order valence-electron chi connectivity index (χ4n) is 3.27. The third-order valence-corrected chi connectivity index (χ3v) is 5.49.